The van der Waals surface area contributed by atoms with Crippen molar-refractivity contribution in [2.75, 3.05) is 0 Å². The van der Waals surface area contributed by atoms with Gasteiger partial charge < -0.3 is 10.4 Å². The monoisotopic (exact) mass is 339 g/mol. The van der Waals surface area contributed by atoms with Crippen LogP contribution in [0, 0.1) is 0 Å². The van der Waals surface area contributed by atoms with E-state index in [9.17, 15) is 9.59 Å². The van der Waals surface area contributed by atoms with E-state index in [2.05, 4.69) is 36.5 Å². The number of amides is 1. The number of carbonyl (C=O) groups is 2. The van der Waals surface area contributed by atoms with Crippen LogP contribution in [-0.4, -0.2) is 37.0 Å². The molecule has 2 N–H and O–H groups in total. The number of aromatic nitrogens is 4. The maximum Gasteiger partial charge on any atom is 0.325 e. The topological polar surface area (TPSA) is 110 Å². The van der Waals surface area contributed by atoms with Gasteiger partial charge in [-0.05, 0) is 28.1 Å². The second kappa shape index (κ2) is 6.24. The van der Waals surface area contributed by atoms with Gasteiger partial charge in [-0.15, -0.1) is 5.10 Å². The molecule has 2 heterocycles. The van der Waals surface area contributed by atoms with E-state index >= 15 is 0 Å². The zero-order valence-electron chi connectivity index (χ0n) is 10.2. The van der Waals surface area contributed by atoms with Gasteiger partial charge in [-0.25, -0.2) is 9.67 Å². The quantitative estimate of drug-likeness (QED) is 0.818. The van der Waals surface area contributed by atoms with E-state index in [1.54, 1.807) is 12.1 Å². The SMILES string of the molecule is O=C(O)Cn1cc(CNC(=O)c2ncccc2Br)nn1. The summed E-state index contributed by atoms with van der Waals surface area (Å²) < 4.78 is 1.77. The number of carbonyl (C=O) groups excluding carboxylic acids is 1. The van der Waals surface area contributed by atoms with Crippen LogP contribution < -0.4 is 5.32 Å². The van der Waals surface area contributed by atoms with Crippen molar-refractivity contribution in [2.45, 2.75) is 13.1 Å². The second-order valence-corrected chi connectivity index (χ2v) is 4.67. The Morgan fingerprint density at radius 2 is 2.25 bits per heavy atom. The van der Waals surface area contributed by atoms with Gasteiger partial charge in [0.1, 0.15) is 17.9 Å². The average Bonchev–Trinajstić information content (AvgIpc) is 2.83. The Bertz CT molecular complexity index is 642. The van der Waals surface area contributed by atoms with Crippen LogP contribution in [0.15, 0.2) is 29.0 Å². The van der Waals surface area contributed by atoms with E-state index in [4.69, 9.17) is 5.11 Å². The number of rotatable bonds is 5. The lowest BCUT2D eigenvalue weighted by molar-refractivity contribution is -0.137. The first kappa shape index (κ1) is 14.1. The Kier molecular flexibility index (Phi) is 4.41. The van der Waals surface area contributed by atoms with Gasteiger partial charge in [0.2, 0.25) is 0 Å². The number of nitrogens with one attached hydrogen (secondary N) is 1. The third-order valence-electron chi connectivity index (χ3n) is 2.29. The molecule has 0 aliphatic heterocycles. The summed E-state index contributed by atoms with van der Waals surface area (Å²) in [6, 6.07) is 3.42. The van der Waals surface area contributed by atoms with Crippen molar-refractivity contribution in [3.63, 3.8) is 0 Å². The summed E-state index contributed by atoms with van der Waals surface area (Å²) in [5, 5.41) is 18.6. The third-order valence-corrected chi connectivity index (χ3v) is 2.93. The molecule has 2 aromatic heterocycles. The predicted molar refractivity (Wildman–Crippen MR) is 70.8 cm³/mol. The van der Waals surface area contributed by atoms with Gasteiger partial charge in [0.15, 0.2) is 0 Å². The molecule has 9 heteroatoms. The molecule has 2 aromatic rings. The highest BCUT2D eigenvalue weighted by Gasteiger charge is 2.11. The third kappa shape index (κ3) is 3.60. The lowest BCUT2D eigenvalue weighted by Gasteiger charge is -2.03. The summed E-state index contributed by atoms with van der Waals surface area (Å²) in [4.78, 5) is 26.3. The molecule has 0 aromatic carbocycles. The van der Waals surface area contributed by atoms with Gasteiger partial charge in [0.05, 0.1) is 12.7 Å². The highest BCUT2D eigenvalue weighted by Crippen LogP contribution is 2.12. The Morgan fingerprint density at radius 1 is 1.45 bits per heavy atom. The number of hydrogen-bond donors (Lipinski definition) is 2. The molecule has 0 bridgehead atoms. The van der Waals surface area contributed by atoms with Gasteiger partial charge in [-0.1, -0.05) is 5.21 Å². The van der Waals surface area contributed by atoms with Crippen molar-refractivity contribution in [3.05, 3.63) is 40.4 Å². The van der Waals surface area contributed by atoms with Crippen LogP contribution >= 0.6 is 15.9 Å². The van der Waals surface area contributed by atoms with Crippen molar-refractivity contribution < 1.29 is 14.7 Å². The minimum atomic E-state index is -1.01. The maximum absolute atomic E-state index is 11.9. The van der Waals surface area contributed by atoms with Gasteiger partial charge >= 0.3 is 5.97 Å². The van der Waals surface area contributed by atoms with E-state index in [-0.39, 0.29) is 24.7 Å². The van der Waals surface area contributed by atoms with Crippen LogP contribution in [0.25, 0.3) is 0 Å². The van der Waals surface area contributed by atoms with Gasteiger partial charge in [-0.3, -0.25) is 9.59 Å². The molecular weight excluding hydrogens is 330 g/mol. The first-order valence-electron chi connectivity index (χ1n) is 5.56. The minimum Gasteiger partial charge on any atom is -0.480 e. The Balaban J connectivity index is 1.95. The van der Waals surface area contributed by atoms with Crippen LogP contribution in [0.4, 0.5) is 0 Å². The van der Waals surface area contributed by atoms with Gasteiger partial charge in [0.25, 0.3) is 5.91 Å². The molecule has 2 rings (SSSR count). The standard InChI is InChI=1S/C11H10BrN5O3/c12-8-2-1-3-13-10(8)11(20)14-4-7-5-17(16-15-7)6-9(18)19/h1-3,5H,4,6H2,(H,14,20)(H,18,19). The van der Waals surface area contributed by atoms with Crippen molar-refractivity contribution in [1.29, 1.82) is 0 Å². The highest BCUT2D eigenvalue weighted by molar-refractivity contribution is 9.10. The number of pyridine rings is 1. The zero-order chi connectivity index (χ0) is 14.5. The number of nitrogens with zero attached hydrogens (tertiary/aromatic N) is 4. The largest absolute Gasteiger partial charge is 0.480 e. The van der Waals surface area contributed by atoms with Crippen LogP contribution in [0.1, 0.15) is 16.2 Å². The number of carboxylic acid groups (broad SMARTS) is 1. The summed E-state index contributed by atoms with van der Waals surface area (Å²) in [6.07, 6.45) is 2.98. The lowest BCUT2D eigenvalue weighted by Crippen LogP contribution is -2.24. The average molecular weight is 340 g/mol. The fraction of sp³-hybridized carbons (Fsp3) is 0.182. The Morgan fingerprint density at radius 3 is 2.95 bits per heavy atom. The van der Waals surface area contributed by atoms with E-state index in [1.165, 1.54) is 17.1 Å². The molecule has 1 amide bonds. The normalized spacial score (nSPS) is 10.2. The summed E-state index contributed by atoms with van der Waals surface area (Å²) in [5.41, 5.74) is 0.733. The first-order valence-corrected chi connectivity index (χ1v) is 6.35. The number of carboxylic acids is 1. The minimum absolute atomic E-state index is 0.140. The van der Waals surface area contributed by atoms with Gasteiger partial charge in [-0.2, -0.15) is 0 Å². The van der Waals surface area contributed by atoms with E-state index < -0.39 is 5.97 Å². The molecule has 0 saturated carbocycles. The predicted octanol–water partition coefficient (Wildman–Crippen LogP) is 0.450. The van der Waals surface area contributed by atoms with Crippen molar-refractivity contribution >= 4 is 27.8 Å². The lowest BCUT2D eigenvalue weighted by atomic mass is 10.3. The first-order chi connectivity index (χ1) is 9.56. The van der Waals surface area contributed by atoms with Crippen molar-refractivity contribution in [3.8, 4) is 0 Å². The van der Waals surface area contributed by atoms with E-state index in [1.807, 2.05) is 0 Å². The molecule has 0 aliphatic carbocycles. The number of hydrogen-bond acceptors (Lipinski definition) is 5. The van der Waals surface area contributed by atoms with Gasteiger partial charge in [0, 0.05) is 10.7 Å². The molecule has 8 nitrogen and oxygen atoms in total. The van der Waals surface area contributed by atoms with Crippen molar-refractivity contribution in [2.24, 2.45) is 0 Å². The van der Waals surface area contributed by atoms with Crippen LogP contribution in [-0.2, 0) is 17.9 Å². The summed E-state index contributed by atoms with van der Waals surface area (Å²) in [5.74, 6) is -1.37. The second-order valence-electron chi connectivity index (χ2n) is 3.82. The molecule has 0 fully saturated rings. The van der Waals surface area contributed by atoms with Crippen molar-refractivity contribution in [1.82, 2.24) is 25.3 Å². The number of halogens is 1. The molecule has 0 spiro atoms. The molecule has 0 atom stereocenters. The summed E-state index contributed by atoms with van der Waals surface area (Å²) in [6.45, 7) is -0.131. The molecule has 20 heavy (non-hydrogen) atoms. The van der Waals surface area contributed by atoms with Crippen LogP contribution in [0.2, 0.25) is 0 Å². The molecular formula is C11H10BrN5O3. The fourth-order valence-electron chi connectivity index (χ4n) is 1.44. The smallest absolute Gasteiger partial charge is 0.325 e. The summed E-state index contributed by atoms with van der Waals surface area (Å²) in [7, 11) is 0. The molecule has 0 unspecified atom stereocenters. The molecule has 0 aliphatic rings. The van der Waals surface area contributed by atoms with E-state index in [0.717, 1.165) is 0 Å². The maximum atomic E-state index is 11.9. The molecule has 0 saturated heterocycles. The Labute approximate surface area is 121 Å². The van der Waals surface area contributed by atoms with E-state index in [0.29, 0.717) is 10.2 Å². The van der Waals surface area contributed by atoms with Crippen LogP contribution in [0.5, 0.6) is 0 Å². The molecule has 104 valence electrons. The summed E-state index contributed by atoms with van der Waals surface area (Å²) >= 11 is 3.23. The number of aliphatic carboxylic acids is 1. The fourth-order valence-corrected chi connectivity index (χ4v) is 1.88. The van der Waals surface area contributed by atoms with Crippen LogP contribution in [0.3, 0.4) is 0 Å². The zero-order valence-corrected chi connectivity index (χ0v) is 11.7. The Hall–Kier alpha value is -2.29. The molecule has 0 radical (unpaired) electrons. The highest BCUT2D eigenvalue weighted by atomic mass is 79.9.